The Labute approximate surface area is 123 Å². The van der Waals surface area contributed by atoms with Crippen molar-refractivity contribution in [3.8, 4) is 0 Å². The van der Waals surface area contributed by atoms with Crippen LogP contribution < -0.4 is 5.32 Å². The summed E-state index contributed by atoms with van der Waals surface area (Å²) < 4.78 is 3.07. The monoisotopic (exact) mass is 424 g/mol. The van der Waals surface area contributed by atoms with Gasteiger partial charge in [0.2, 0.25) is 0 Å². The quantitative estimate of drug-likeness (QED) is 0.743. The number of nitrogens with one attached hydrogen (secondary N) is 1. The molecular weight excluding hydrogens is 420 g/mol. The molecule has 0 aliphatic rings. The fourth-order valence-corrected chi connectivity index (χ4v) is 4.31. The second-order valence-corrected chi connectivity index (χ2v) is 6.63. The third-order valence-corrected chi connectivity index (χ3v) is 4.40. The lowest BCUT2D eigenvalue weighted by Gasteiger charge is -2.10. The Morgan fingerprint density at radius 2 is 1.88 bits per heavy atom. The molecule has 0 amide bonds. The molecule has 0 saturated carbocycles. The van der Waals surface area contributed by atoms with Gasteiger partial charge in [0.25, 0.3) is 0 Å². The molecule has 0 bridgehead atoms. The van der Waals surface area contributed by atoms with Crippen LogP contribution in [0.2, 0.25) is 0 Å². The van der Waals surface area contributed by atoms with E-state index < -0.39 is 0 Å². The highest BCUT2D eigenvalue weighted by Gasteiger charge is 2.06. The Kier molecular flexibility index (Phi) is 4.41. The fraction of sp³-hybridized carbons (Fsp3) is 0.100. The normalized spacial score (nSPS) is 10.4. The van der Waals surface area contributed by atoms with Crippen molar-refractivity contribution in [2.24, 2.45) is 0 Å². The third-order valence-electron chi connectivity index (χ3n) is 1.91. The second-order valence-electron chi connectivity index (χ2n) is 3.02. The summed E-state index contributed by atoms with van der Waals surface area (Å²) in [6.07, 6.45) is 1.81. The summed E-state index contributed by atoms with van der Waals surface area (Å²) in [5, 5.41) is 6.39. The minimum atomic E-state index is 0.733. The zero-order chi connectivity index (χ0) is 11.5. The van der Waals surface area contributed by atoms with E-state index in [0.717, 1.165) is 30.7 Å². The highest BCUT2D eigenvalue weighted by Crippen LogP contribution is 2.34. The first-order valence-electron chi connectivity index (χ1n) is 4.43. The molecule has 0 radical (unpaired) electrons. The van der Waals surface area contributed by atoms with Gasteiger partial charge >= 0.3 is 0 Å². The fourth-order valence-electron chi connectivity index (χ4n) is 1.22. The number of nitrogens with zero attached hydrogens (tertiary/aromatic N) is 1. The van der Waals surface area contributed by atoms with E-state index in [2.05, 4.69) is 58.1 Å². The number of aromatic nitrogens is 1. The first kappa shape index (κ1) is 12.5. The lowest BCUT2D eigenvalue weighted by atomic mass is 10.3. The van der Waals surface area contributed by atoms with Gasteiger partial charge < -0.3 is 5.32 Å². The molecule has 0 fully saturated rings. The standard InChI is InChI=1S/C10H7Br3N2S/c11-6-3-7(12)10(8(13)4-6)15-5-9-14-1-2-16-9/h1-4,15H,5H2. The van der Waals surface area contributed by atoms with Crippen LogP contribution in [0.5, 0.6) is 0 Å². The van der Waals surface area contributed by atoms with E-state index in [-0.39, 0.29) is 0 Å². The predicted molar refractivity (Wildman–Crippen MR) is 79.0 cm³/mol. The molecule has 1 heterocycles. The molecule has 0 spiro atoms. The van der Waals surface area contributed by atoms with Crippen molar-refractivity contribution in [1.29, 1.82) is 0 Å². The lowest BCUT2D eigenvalue weighted by molar-refractivity contribution is 1.10. The Bertz CT molecular complexity index is 462. The maximum atomic E-state index is 4.22. The van der Waals surface area contributed by atoms with Crippen molar-refractivity contribution in [2.45, 2.75) is 6.54 Å². The molecule has 0 unspecified atom stereocenters. The number of benzene rings is 1. The summed E-state index contributed by atoms with van der Waals surface area (Å²) in [6, 6.07) is 4.02. The first-order valence-corrected chi connectivity index (χ1v) is 7.69. The van der Waals surface area contributed by atoms with E-state index >= 15 is 0 Å². The third kappa shape index (κ3) is 3.06. The average Bonchev–Trinajstić information content (AvgIpc) is 2.68. The number of hydrogen-bond donors (Lipinski definition) is 1. The van der Waals surface area contributed by atoms with Crippen LogP contribution >= 0.6 is 59.1 Å². The predicted octanol–water partition coefficient (Wildman–Crippen LogP) is 5.04. The smallest absolute Gasteiger partial charge is 0.112 e. The highest BCUT2D eigenvalue weighted by molar-refractivity contribution is 9.11. The minimum absolute atomic E-state index is 0.733. The van der Waals surface area contributed by atoms with E-state index in [1.807, 2.05) is 23.7 Å². The first-order chi connectivity index (χ1) is 7.66. The van der Waals surface area contributed by atoms with Gasteiger partial charge in [-0.15, -0.1) is 11.3 Å². The molecule has 0 aliphatic heterocycles. The number of hydrogen-bond acceptors (Lipinski definition) is 3. The topological polar surface area (TPSA) is 24.9 Å². The zero-order valence-corrected chi connectivity index (χ0v) is 13.6. The van der Waals surface area contributed by atoms with Gasteiger partial charge in [-0.2, -0.15) is 0 Å². The highest BCUT2D eigenvalue weighted by atomic mass is 79.9. The van der Waals surface area contributed by atoms with E-state index in [0.29, 0.717) is 0 Å². The number of thiazole rings is 1. The summed E-state index contributed by atoms with van der Waals surface area (Å²) in [7, 11) is 0. The molecule has 0 atom stereocenters. The van der Waals surface area contributed by atoms with Crippen LogP contribution in [-0.4, -0.2) is 4.98 Å². The van der Waals surface area contributed by atoms with Crippen molar-refractivity contribution in [1.82, 2.24) is 4.98 Å². The SMILES string of the molecule is Brc1cc(Br)c(NCc2nccs2)c(Br)c1. The maximum Gasteiger partial charge on any atom is 0.112 e. The molecule has 6 heteroatoms. The van der Waals surface area contributed by atoms with Crippen LogP contribution in [-0.2, 0) is 6.54 Å². The van der Waals surface area contributed by atoms with Crippen molar-refractivity contribution in [3.63, 3.8) is 0 Å². The van der Waals surface area contributed by atoms with Gasteiger partial charge in [0.05, 0.1) is 12.2 Å². The molecule has 0 saturated heterocycles. The molecule has 16 heavy (non-hydrogen) atoms. The maximum absolute atomic E-state index is 4.22. The van der Waals surface area contributed by atoms with Gasteiger partial charge in [-0.05, 0) is 44.0 Å². The minimum Gasteiger partial charge on any atom is -0.377 e. The Hall–Kier alpha value is 0.0900. The van der Waals surface area contributed by atoms with Gasteiger partial charge in [-0.1, -0.05) is 15.9 Å². The molecule has 1 aromatic carbocycles. The Morgan fingerprint density at radius 3 is 2.44 bits per heavy atom. The van der Waals surface area contributed by atoms with E-state index in [1.54, 1.807) is 11.3 Å². The summed E-state index contributed by atoms with van der Waals surface area (Å²) in [4.78, 5) is 4.22. The molecule has 2 nitrogen and oxygen atoms in total. The summed E-state index contributed by atoms with van der Waals surface area (Å²) in [5.74, 6) is 0. The van der Waals surface area contributed by atoms with Gasteiger partial charge in [0.15, 0.2) is 0 Å². The Morgan fingerprint density at radius 1 is 1.19 bits per heavy atom. The summed E-state index contributed by atoms with van der Waals surface area (Å²) in [6.45, 7) is 0.733. The van der Waals surface area contributed by atoms with Crippen LogP contribution in [0.3, 0.4) is 0 Å². The van der Waals surface area contributed by atoms with Gasteiger partial charge in [-0.25, -0.2) is 4.98 Å². The molecular formula is C10H7Br3N2S. The number of halogens is 3. The lowest BCUT2D eigenvalue weighted by Crippen LogP contribution is -2.00. The molecule has 1 aromatic heterocycles. The number of anilines is 1. The van der Waals surface area contributed by atoms with Crippen LogP contribution in [0, 0.1) is 0 Å². The van der Waals surface area contributed by atoms with Crippen LogP contribution in [0.25, 0.3) is 0 Å². The summed E-state index contributed by atoms with van der Waals surface area (Å²) in [5.41, 5.74) is 1.04. The van der Waals surface area contributed by atoms with E-state index in [9.17, 15) is 0 Å². The van der Waals surface area contributed by atoms with E-state index in [1.165, 1.54) is 0 Å². The van der Waals surface area contributed by atoms with Gasteiger partial charge in [0, 0.05) is 25.0 Å². The molecule has 1 N–H and O–H groups in total. The van der Waals surface area contributed by atoms with E-state index in [4.69, 9.17) is 0 Å². The van der Waals surface area contributed by atoms with Crippen molar-refractivity contribution in [3.05, 3.63) is 42.1 Å². The molecule has 0 aliphatic carbocycles. The largest absolute Gasteiger partial charge is 0.377 e. The van der Waals surface area contributed by atoms with Crippen LogP contribution in [0.1, 0.15) is 5.01 Å². The molecule has 84 valence electrons. The Balaban J connectivity index is 2.15. The molecule has 2 rings (SSSR count). The van der Waals surface area contributed by atoms with Gasteiger partial charge in [-0.3, -0.25) is 0 Å². The average molecular weight is 427 g/mol. The van der Waals surface area contributed by atoms with Crippen molar-refractivity contribution in [2.75, 3.05) is 5.32 Å². The second kappa shape index (κ2) is 5.62. The zero-order valence-electron chi connectivity index (χ0n) is 8.01. The number of rotatable bonds is 3. The van der Waals surface area contributed by atoms with Crippen molar-refractivity contribution < 1.29 is 0 Å². The van der Waals surface area contributed by atoms with Crippen molar-refractivity contribution >= 4 is 64.8 Å². The van der Waals surface area contributed by atoms with Crippen LogP contribution in [0.4, 0.5) is 5.69 Å². The van der Waals surface area contributed by atoms with Gasteiger partial charge in [0.1, 0.15) is 5.01 Å². The molecule has 2 aromatic rings. The summed E-state index contributed by atoms with van der Waals surface area (Å²) >= 11 is 12.1. The van der Waals surface area contributed by atoms with Crippen LogP contribution in [0.15, 0.2) is 37.1 Å².